The van der Waals surface area contributed by atoms with Crippen molar-refractivity contribution in [3.05, 3.63) is 58.6 Å². The first-order valence-electron chi connectivity index (χ1n) is 3.88. The molecule has 0 N–H and O–H groups in total. The maximum Gasteiger partial charge on any atom is 0 e. The molecule has 78 valence electrons. The van der Waals surface area contributed by atoms with Crippen molar-refractivity contribution in [3.63, 3.8) is 0 Å². The van der Waals surface area contributed by atoms with E-state index in [1.165, 1.54) is 0 Å². The second kappa shape index (κ2) is 7.64. The average molecular weight is 289 g/mol. The van der Waals surface area contributed by atoms with Crippen molar-refractivity contribution in [3.8, 4) is 12.3 Å². The summed E-state index contributed by atoms with van der Waals surface area (Å²) in [5, 5.41) is 0. The molecule has 2 aromatic carbocycles. The third-order valence-electron chi connectivity index (χ3n) is 1.45. The number of halogens is 1. The van der Waals surface area contributed by atoms with Gasteiger partial charge in [-0.3, -0.25) is 0 Å². The zero-order valence-corrected chi connectivity index (χ0v) is 10.1. The number of hydrogen-bond donors (Lipinski definition) is 0. The van der Waals surface area contributed by atoms with Gasteiger partial charge in [-0.15, -0.1) is 12.1 Å². The number of rotatable bonds is 0. The Balaban J connectivity index is 0.000000227. The Morgan fingerprint density at radius 1 is 1.14 bits per heavy atom. The molecule has 0 aliphatic rings. The Bertz CT molecular complexity index is 351. The fraction of sp³-hybridized carbons (Fsp3) is 0. The number of terminal acetylenes is 1. The van der Waals surface area contributed by atoms with E-state index >= 15 is 0 Å². The summed E-state index contributed by atoms with van der Waals surface area (Å²) in [6, 6.07) is 15.6. The Morgan fingerprint density at radius 2 is 1.64 bits per heavy atom. The molecule has 0 heterocycles. The molecule has 0 amide bonds. The molecule has 0 saturated carbocycles. The van der Waals surface area contributed by atoms with Gasteiger partial charge in [0.05, 0.1) is 0 Å². The summed E-state index contributed by atoms with van der Waals surface area (Å²) >= 11 is 3.28. The van der Waals surface area contributed by atoms with E-state index in [4.69, 9.17) is 6.42 Å². The van der Waals surface area contributed by atoms with Gasteiger partial charge in [-0.1, -0.05) is 5.56 Å². The van der Waals surface area contributed by atoms with Crippen LogP contribution < -0.4 is 0 Å². The second-order valence-corrected chi connectivity index (χ2v) is 3.34. The SMILES string of the molecule is Br[c-]1[cH-][cH-][cH-][cH-]1.C#C[c-]1cccc1.[Fe]. The van der Waals surface area contributed by atoms with Crippen molar-refractivity contribution in [2.75, 3.05) is 0 Å². The molecule has 0 unspecified atom stereocenters. The molecule has 14 heavy (non-hydrogen) atoms. The van der Waals surface area contributed by atoms with Crippen LogP contribution in [0.1, 0.15) is 5.56 Å². The van der Waals surface area contributed by atoms with Crippen LogP contribution in [0.25, 0.3) is 0 Å². The van der Waals surface area contributed by atoms with Crippen molar-refractivity contribution < 1.29 is 17.1 Å². The minimum absolute atomic E-state index is 0. The van der Waals surface area contributed by atoms with E-state index in [1.54, 1.807) is 0 Å². The van der Waals surface area contributed by atoms with Crippen molar-refractivity contribution >= 4 is 15.9 Å². The fourth-order valence-corrected chi connectivity index (χ4v) is 1.13. The monoisotopic (exact) mass is 288 g/mol. The molecule has 0 aliphatic carbocycles. The van der Waals surface area contributed by atoms with Crippen LogP contribution in [0.5, 0.6) is 0 Å². The molecule has 0 saturated heterocycles. The Labute approximate surface area is 104 Å². The maximum atomic E-state index is 5.04. The number of hydrogen-bond acceptors (Lipinski definition) is 0. The molecule has 0 fully saturated rings. The van der Waals surface area contributed by atoms with E-state index in [0.717, 1.165) is 10.0 Å². The molecule has 2 rings (SSSR count). The Kier molecular flexibility index (Phi) is 7.24. The van der Waals surface area contributed by atoms with Crippen LogP contribution >= 0.6 is 15.9 Å². The summed E-state index contributed by atoms with van der Waals surface area (Å²) in [7, 11) is 0. The molecule has 0 aliphatic heterocycles. The Hall–Kier alpha value is -0.741. The predicted molar refractivity (Wildman–Crippen MR) is 59.7 cm³/mol. The van der Waals surface area contributed by atoms with Gasteiger partial charge in [-0.25, -0.2) is 6.42 Å². The van der Waals surface area contributed by atoms with Gasteiger partial charge < -0.3 is 44.7 Å². The largest absolute Gasteiger partial charge is 0.747 e. The Morgan fingerprint density at radius 3 is 1.86 bits per heavy atom. The van der Waals surface area contributed by atoms with Crippen molar-refractivity contribution in [2.45, 2.75) is 0 Å². The van der Waals surface area contributed by atoms with Crippen LogP contribution in [0.3, 0.4) is 0 Å². The van der Waals surface area contributed by atoms with Crippen LogP contribution in [-0.4, -0.2) is 0 Å². The molecular weight excluding hydrogens is 280 g/mol. The van der Waals surface area contributed by atoms with Crippen molar-refractivity contribution in [2.24, 2.45) is 0 Å². The van der Waals surface area contributed by atoms with Crippen LogP contribution in [0.15, 0.2) is 53.0 Å². The molecule has 0 nitrogen and oxygen atoms in total. The summed E-state index contributed by atoms with van der Waals surface area (Å²) in [6.07, 6.45) is 5.04. The summed E-state index contributed by atoms with van der Waals surface area (Å²) in [5.41, 5.74) is 0.958. The van der Waals surface area contributed by atoms with E-state index in [0.29, 0.717) is 0 Å². The van der Waals surface area contributed by atoms with Crippen LogP contribution in [0.2, 0.25) is 0 Å². The minimum atomic E-state index is 0. The van der Waals surface area contributed by atoms with Gasteiger partial charge in [0.15, 0.2) is 0 Å². The van der Waals surface area contributed by atoms with Crippen molar-refractivity contribution in [1.29, 1.82) is 0 Å². The van der Waals surface area contributed by atoms with E-state index in [2.05, 4.69) is 21.9 Å². The fourth-order valence-electron chi connectivity index (χ4n) is 0.821. The van der Waals surface area contributed by atoms with Crippen LogP contribution in [-0.2, 0) is 17.1 Å². The maximum absolute atomic E-state index is 5.04. The molecule has 0 spiro atoms. The quantitative estimate of drug-likeness (QED) is 0.395. The van der Waals surface area contributed by atoms with Gasteiger partial charge in [0.25, 0.3) is 0 Å². The molecule has 0 radical (unpaired) electrons. The van der Waals surface area contributed by atoms with Crippen LogP contribution in [0.4, 0.5) is 0 Å². The first-order chi connectivity index (χ1) is 6.33. The summed E-state index contributed by atoms with van der Waals surface area (Å²) in [6.45, 7) is 0. The molecule has 0 aromatic heterocycles. The normalized spacial score (nSPS) is 7.71. The van der Waals surface area contributed by atoms with E-state index < -0.39 is 0 Å². The minimum Gasteiger partial charge on any atom is -0.747 e. The van der Waals surface area contributed by atoms with E-state index in [1.807, 2.05) is 48.5 Å². The molecule has 2 heteroatoms. The van der Waals surface area contributed by atoms with Gasteiger partial charge in [-0.05, 0) is 0 Å². The van der Waals surface area contributed by atoms with Crippen LogP contribution in [0, 0.1) is 12.3 Å². The first-order valence-corrected chi connectivity index (χ1v) is 4.68. The van der Waals surface area contributed by atoms with Gasteiger partial charge >= 0.3 is 0 Å². The first kappa shape index (κ1) is 13.3. The third kappa shape index (κ3) is 5.09. The summed E-state index contributed by atoms with van der Waals surface area (Å²) in [4.78, 5) is 0. The topological polar surface area (TPSA) is 0 Å². The second-order valence-electron chi connectivity index (χ2n) is 2.42. The summed E-state index contributed by atoms with van der Waals surface area (Å²) < 4.78 is 1.16. The van der Waals surface area contributed by atoms with Crippen molar-refractivity contribution in [1.82, 2.24) is 0 Å². The molecule has 0 atom stereocenters. The van der Waals surface area contributed by atoms with E-state index in [-0.39, 0.29) is 17.1 Å². The van der Waals surface area contributed by atoms with Gasteiger partial charge in [0.1, 0.15) is 0 Å². The third-order valence-corrected chi connectivity index (χ3v) is 1.98. The van der Waals surface area contributed by atoms with E-state index in [9.17, 15) is 0 Å². The average Bonchev–Trinajstić information content (AvgIpc) is 2.76. The molecule has 2 aromatic rings. The zero-order chi connectivity index (χ0) is 9.52. The van der Waals surface area contributed by atoms with Gasteiger partial charge in [0.2, 0.25) is 0 Å². The van der Waals surface area contributed by atoms with Gasteiger partial charge in [-0.2, -0.15) is 18.1 Å². The smallest absolute Gasteiger partial charge is 0 e. The molecular formula is C12H9BrFe-6. The summed E-state index contributed by atoms with van der Waals surface area (Å²) in [5.74, 6) is 2.51. The van der Waals surface area contributed by atoms with Gasteiger partial charge in [0, 0.05) is 17.1 Å². The molecule has 0 bridgehead atoms. The zero-order valence-electron chi connectivity index (χ0n) is 7.43. The predicted octanol–water partition coefficient (Wildman–Crippen LogP) is 3.55. The standard InChI is InChI=1S/C7H5.C5H4Br.Fe/c1-2-7-5-3-4-6-7;6-5-3-1-2-4-5;/h1,3-6H;1-4H;/q-1;-5;.